The Hall–Kier alpha value is -0.540. The molecule has 1 fully saturated rings. The molecule has 2 aliphatic heterocycles. The highest BCUT2D eigenvalue weighted by Gasteiger charge is 2.29. The van der Waals surface area contributed by atoms with E-state index in [0.29, 0.717) is 6.04 Å². The Morgan fingerprint density at radius 2 is 2.43 bits per heavy atom. The van der Waals surface area contributed by atoms with Crippen LogP contribution in [0.1, 0.15) is 19.8 Å². The van der Waals surface area contributed by atoms with Crippen molar-refractivity contribution in [1.29, 1.82) is 0 Å². The van der Waals surface area contributed by atoms with Crippen LogP contribution in [0.5, 0.6) is 0 Å². The summed E-state index contributed by atoms with van der Waals surface area (Å²) in [6.07, 6.45) is 2.31. The average Bonchev–Trinajstić information content (AvgIpc) is 2.23. The van der Waals surface area contributed by atoms with Gasteiger partial charge in [-0.2, -0.15) is 0 Å². The summed E-state index contributed by atoms with van der Waals surface area (Å²) >= 11 is 0. The molecule has 0 aliphatic carbocycles. The summed E-state index contributed by atoms with van der Waals surface area (Å²) in [5.41, 5.74) is 1.49. The summed E-state index contributed by atoms with van der Waals surface area (Å²) in [5.74, 6) is 1.25. The summed E-state index contributed by atoms with van der Waals surface area (Å²) in [5, 5.41) is 3.43. The third-order valence-corrected chi connectivity index (χ3v) is 3.21. The zero-order valence-corrected chi connectivity index (χ0v) is 9.18. The second-order valence-electron chi connectivity index (χ2n) is 4.09. The van der Waals surface area contributed by atoms with Crippen molar-refractivity contribution in [2.45, 2.75) is 25.8 Å². The van der Waals surface area contributed by atoms with E-state index >= 15 is 0 Å². The number of rotatable bonds is 2. The van der Waals surface area contributed by atoms with E-state index in [4.69, 9.17) is 4.74 Å². The fraction of sp³-hybridized carbons (Fsp3) is 0.818. The molecule has 0 radical (unpaired) electrons. The largest absolute Gasteiger partial charge is 0.498 e. The predicted molar refractivity (Wildman–Crippen MR) is 57.2 cm³/mol. The van der Waals surface area contributed by atoms with Crippen LogP contribution in [0, 0.1) is 0 Å². The van der Waals surface area contributed by atoms with Crippen molar-refractivity contribution in [1.82, 2.24) is 10.2 Å². The molecule has 1 unspecified atom stereocenters. The molecule has 2 rings (SSSR count). The van der Waals surface area contributed by atoms with Gasteiger partial charge < -0.3 is 10.1 Å². The fourth-order valence-corrected chi connectivity index (χ4v) is 2.46. The Balaban J connectivity index is 2.18. The Morgan fingerprint density at radius 3 is 3.21 bits per heavy atom. The lowest BCUT2D eigenvalue weighted by Gasteiger charge is -2.39. The molecule has 1 atom stereocenters. The second-order valence-corrected chi connectivity index (χ2v) is 4.09. The van der Waals surface area contributed by atoms with E-state index in [1.165, 1.54) is 17.8 Å². The minimum atomic E-state index is 0.631. The van der Waals surface area contributed by atoms with Gasteiger partial charge in [0, 0.05) is 25.6 Å². The molecule has 0 saturated carbocycles. The third-order valence-electron chi connectivity index (χ3n) is 3.21. The first kappa shape index (κ1) is 9.99. The zero-order valence-electron chi connectivity index (χ0n) is 9.18. The van der Waals surface area contributed by atoms with Crippen molar-refractivity contribution in [3.05, 3.63) is 11.3 Å². The van der Waals surface area contributed by atoms with Gasteiger partial charge in [0.25, 0.3) is 0 Å². The minimum absolute atomic E-state index is 0.631. The van der Waals surface area contributed by atoms with Crippen LogP contribution >= 0.6 is 0 Å². The molecule has 0 amide bonds. The summed E-state index contributed by atoms with van der Waals surface area (Å²) < 4.78 is 5.71. The highest BCUT2D eigenvalue weighted by molar-refractivity contribution is 5.22. The molecule has 1 N–H and O–H groups in total. The molecular weight excluding hydrogens is 176 g/mol. The maximum atomic E-state index is 5.71. The van der Waals surface area contributed by atoms with Crippen molar-refractivity contribution < 1.29 is 4.74 Å². The predicted octanol–water partition coefficient (Wildman–Crippen LogP) is 0.974. The Morgan fingerprint density at radius 1 is 1.57 bits per heavy atom. The van der Waals surface area contributed by atoms with Crippen molar-refractivity contribution in [2.24, 2.45) is 0 Å². The van der Waals surface area contributed by atoms with E-state index in [-0.39, 0.29) is 0 Å². The van der Waals surface area contributed by atoms with E-state index in [1.807, 2.05) is 0 Å². The van der Waals surface area contributed by atoms with Gasteiger partial charge >= 0.3 is 0 Å². The van der Waals surface area contributed by atoms with Crippen molar-refractivity contribution in [2.75, 3.05) is 33.3 Å². The normalized spacial score (nSPS) is 28.9. The van der Waals surface area contributed by atoms with Gasteiger partial charge in [-0.15, -0.1) is 0 Å². The van der Waals surface area contributed by atoms with Gasteiger partial charge in [0.1, 0.15) is 0 Å². The number of piperidine rings is 1. The molecular formula is C11H20N2O. The van der Waals surface area contributed by atoms with Gasteiger partial charge in [0.2, 0.25) is 0 Å². The number of hydrogen-bond acceptors (Lipinski definition) is 3. The van der Waals surface area contributed by atoms with Crippen LogP contribution in [-0.2, 0) is 4.74 Å². The van der Waals surface area contributed by atoms with Gasteiger partial charge in [-0.3, -0.25) is 4.90 Å². The third kappa shape index (κ3) is 1.79. The quantitative estimate of drug-likeness (QED) is 0.712. The summed E-state index contributed by atoms with van der Waals surface area (Å²) in [6.45, 7) is 6.16. The van der Waals surface area contributed by atoms with Gasteiger partial charge in [0.15, 0.2) is 0 Å². The minimum Gasteiger partial charge on any atom is -0.498 e. The summed E-state index contributed by atoms with van der Waals surface area (Å²) in [4.78, 5) is 2.46. The molecule has 0 aromatic heterocycles. The van der Waals surface area contributed by atoms with E-state index in [1.54, 1.807) is 0 Å². The highest BCUT2D eigenvalue weighted by atomic mass is 16.5. The van der Waals surface area contributed by atoms with Gasteiger partial charge in [0.05, 0.1) is 12.4 Å². The molecule has 3 nitrogen and oxygen atoms in total. The molecule has 2 heterocycles. The van der Waals surface area contributed by atoms with E-state index in [0.717, 1.165) is 32.7 Å². The first-order valence-electron chi connectivity index (χ1n) is 5.58. The van der Waals surface area contributed by atoms with Gasteiger partial charge in [-0.1, -0.05) is 0 Å². The van der Waals surface area contributed by atoms with Crippen molar-refractivity contribution in [3.63, 3.8) is 0 Å². The van der Waals surface area contributed by atoms with Gasteiger partial charge in [-0.05, 0) is 32.5 Å². The molecule has 80 valence electrons. The number of ether oxygens (including phenoxy) is 1. The standard InChI is InChI=1S/C11H20N2O/c1-3-14-11-5-7-13(2)10-4-6-12-8-9(10)11/h10,12H,3-8H2,1-2H3. The van der Waals surface area contributed by atoms with Crippen LogP contribution < -0.4 is 5.32 Å². The van der Waals surface area contributed by atoms with Crippen LogP contribution in [-0.4, -0.2) is 44.2 Å². The lowest BCUT2D eigenvalue weighted by molar-refractivity contribution is 0.151. The number of hydrogen-bond donors (Lipinski definition) is 1. The van der Waals surface area contributed by atoms with Crippen LogP contribution in [0.4, 0.5) is 0 Å². The highest BCUT2D eigenvalue weighted by Crippen LogP contribution is 2.27. The molecule has 0 aromatic rings. The lowest BCUT2D eigenvalue weighted by Crippen LogP contribution is -2.47. The molecule has 14 heavy (non-hydrogen) atoms. The van der Waals surface area contributed by atoms with Gasteiger partial charge in [-0.25, -0.2) is 0 Å². The summed E-state index contributed by atoms with van der Waals surface area (Å²) in [6, 6.07) is 0.631. The first-order valence-corrected chi connectivity index (χ1v) is 5.58. The smallest absolute Gasteiger partial charge is 0.0992 e. The number of nitrogens with one attached hydrogen (secondary N) is 1. The van der Waals surface area contributed by atoms with Crippen LogP contribution in [0.3, 0.4) is 0 Å². The van der Waals surface area contributed by atoms with Crippen LogP contribution in [0.25, 0.3) is 0 Å². The SMILES string of the molecule is CCOC1=C2CNCCC2N(C)CC1. The molecule has 0 aromatic carbocycles. The monoisotopic (exact) mass is 196 g/mol. The first-order chi connectivity index (χ1) is 6.83. The van der Waals surface area contributed by atoms with E-state index < -0.39 is 0 Å². The molecule has 3 heteroatoms. The molecule has 1 saturated heterocycles. The number of likely N-dealkylation sites (N-methyl/N-ethyl adjacent to an activating group) is 1. The maximum absolute atomic E-state index is 5.71. The van der Waals surface area contributed by atoms with Crippen molar-refractivity contribution >= 4 is 0 Å². The van der Waals surface area contributed by atoms with Crippen LogP contribution in [0.2, 0.25) is 0 Å². The molecule has 0 bridgehead atoms. The van der Waals surface area contributed by atoms with Crippen LogP contribution in [0.15, 0.2) is 11.3 Å². The van der Waals surface area contributed by atoms with E-state index in [2.05, 4.69) is 24.2 Å². The Labute approximate surface area is 86.1 Å². The number of nitrogens with zero attached hydrogens (tertiary/aromatic N) is 1. The molecule has 2 aliphatic rings. The molecule has 0 spiro atoms. The lowest BCUT2D eigenvalue weighted by atomic mass is 9.93. The second kappa shape index (κ2) is 4.32. The van der Waals surface area contributed by atoms with E-state index in [9.17, 15) is 0 Å². The average molecular weight is 196 g/mol. The maximum Gasteiger partial charge on any atom is 0.0992 e. The summed E-state index contributed by atoms with van der Waals surface area (Å²) in [7, 11) is 2.22. The van der Waals surface area contributed by atoms with Crippen molar-refractivity contribution in [3.8, 4) is 0 Å². The zero-order chi connectivity index (χ0) is 9.97. The Bertz CT molecular complexity index is 237. The topological polar surface area (TPSA) is 24.5 Å². The number of fused-ring (bicyclic) bond motifs is 1. The Kier molecular flexibility index (Phi) is 3.08. The fourth-order valence-electron chi connectivity index (χ4n) is 2.46.